The lowest BCUT2D eigenvalue weighted by atomic mass is 9.82. The van der Waals surface area contributed by atoms with Crippen molar-refractivity contribution in [3.63, 3.8) is 0 Å². The molecule has 0 radical (unpaired) electrons. The van der Waals surface area contributed by atoms with Crippen molar-refractivity contribution in [1.82, 2.24) is 25.4 Å². The number of nitrogens with one attached hydrogen (secondary N) is 2. The van der Waals surface area contributed by atoms with Gasteiger partial charge in [0.25, 0.3) is 5.91 Å². The topological polar surface area (TPSA) is 73.9 Å². The lowest BCUT2D eigenvalue weighted by Gasteiger charge is -2.47. The lowest BCUT2D eigenvalue weighted by Crippen LogP contribution is -2.55. The first kappa shape index (κ1) is 16.9. The zero-order valence-electron chi connectivity index (χ0n) is 15.3. The fourth-order valence-corrected chi connectivity index (χ4v) is 5.31. The molecule has 2 N–H and O–H groups in total. The fraction of sp³-hybridized carbons (Fsp3) is 0.450. The Morgan fingerprint density at radius 2 is 2.11 bits per heavy atom. The van der Waals surface area contributed by atoms with Gasteiger partial charge in [0.15, 0.2) is 5.69 Å². The molecule has 3 aromatic rings. The Morgan fingerprint density at radius 1 is 1.30 bits per heavy atom. The Morgan fingerprint density at radius 3 is 2.85 bits per heavy atom. The normalized spacial score (nSPS) is 25.6. The molecule has 1 amide bonds. The maximum atomic E-state index is 12.9. The largest absolute Gasteiger partial charge is 0.348 e. The van der Waals surface area contributed by atoms with Crippen molar-refractivity contribution in [2.75, 3.05) is 7.05 Å². The minimum Gasteiger partial charge on any atom is -0.348 e. The molecule has 2 bridgehead atoms. The van der Waals surface area contributed by atoms with Crippen LogP contribution in [-0.4, -0.2) is 51.2 Å². The van der Waals surface area contributed by atoms with E-state index in [2.05, 4.69) is 32.4 Å². The average Bonchev–Trinajstić information content (AvgIpc) is 3.31. The van der Waals surface area contributed by atoms with E-state index in [1.54, 1.807) is 17.5 Å². The number of fused-ring (bicyclic) bond motifs is 3. The summed E-state index contributed by atoms with van der Waals surface area (Å²) in [5, 5.41) is 14.4. The number of amides is 1. The molecule has 3 atom stereocenters. The third-order valence-corrected chi connectivity index (χ3v) is 6.95. The Bertz CT molecular complexity index is 952. The molecular weight excluding hydrogens is 358 g/mol. The molecule has 0 aliphatic carbocycles. The third kappa shape index (κ3) is 3.04. The van der Waals surface area contributed by atoms with Crippen LogP contribution in [0.1, 0.15) is 42.6 Å². The van der Waals surface area contributed by atoms with Crippen LogP contribution in [0.3, 0.4) is 0 Å². The summed E-state index contributed by atoms with van der Waals surface area (Å²) in [5.41, 5.74) is 2.39. The SMILES string of the molecule is CN1[C@@H]2CCC[C@H]1C[C@@H](NC(=O)c1n[nH]c3cc(-c4nccs4)ccc13)C2. The minimum absolute atomic E-state index is 0.0733. The number of rotatable bonds is 3. The van der Waals surface area contributed by atoms with Gasteiger partial charge in [-0.3, -0.25) is 9.89 Å². The van der Waals surface area contributed by atoms with E-state index in [1.165, 1.54) is 19.3 Å². The van der Waals surface area contributed by atoms with Gasteiger partial charge in [0.2, 0.25) is 0 Å². The molecule has 4 heterocycles. The van der Waals surface area contributed by atoms with Gasteiger partial charge < -0.3 is 10.2 Å². The molecule has 7 heteroatoms. The van der Waals surface area contributed by atoms with Crippen LogP contribution >= 0.6 is 11.3 Å². The van der Waals surface area contributed by atoms with Gasteiger partial charge in [0, 0.05) is 40.7 Å². The second-order valence-electron chi connectivity index (χ2n) is 7.72. The Labute approximate surface area is 162 Å². The standard InChI is InChI=1S/C20H23N5OS/c1-25-14-3-2-4-15(25)11-13(10-14)22-19(26)18-16-6-5-12(9-17(16)23-24-18)20-21-7-8-27-20/h5-9,13-15H,2-4,10-11H2,1H3,(H,22,26)(H,23,24)/t13-,14+,15-. The second-order valence-corrected chi connectivity index (χ2v) is 8.61. The van der Waals surface area contributed by atoms with Gasteiger partial charge in [-0.1, -0.05) is 12.5 Å². The van der Waals surface area contributed by atoms with Gasteiger partial charge >= 0.3 is 0 Å². The highest BCUT2D eigenvalue weighted by molar-refractivity contribution is 7.13. The monoisotopic (exact) mass is 381 g/mol. The molecule has 2 saturated heterocycles. The van der Waals surface area contributed by atoms with Crippen LogP contribution in [0.2, 0.25) is 0 Å². The second kappa shape index (κ2) is 6.73. The predicted molar refractivity (Wildman–Crippen MR) is 107 cm³/mol. The van der Waals surface area contributed by atoms with Crippen molar-refractivity contribution >= 4 is 28.1 Å². The van der Waals surface area contributed by atoms with Crippen LogP contribution in [0.4, 0.5) is 0 Å². The van der Waals surface area contributed by atoms with E-state index in [1.807, 2.05) is 23.6 Å². The highest BCUT2D eigenvalue weighted by Crippen LogP contribution is 2.33. The van der Waals surface area contributed by atoms with Gasteiger partial charge in [0.05, 0.1) is 5.52 Å². The number of hydrogen-bond acceptors (Lipinski definition) is 5. The predicted octanol–water partition coefficient (Wildman–Crippen LogP) is 3.43. The molecule has 0 saturated carbocycles. The van der Waals surface area contributed by atoms with Crippen LogP contribution in [0.15, 0.2) is 29.8 Å². The zero-order chi connectivity index (χ0) is 18.4. The van der Waals surface area contributed by atoms with E-state index < -0.39 is 0 Å². The summed E-state index contributed by atoms with van der Waals surface area (Å²) in [6.07, 6.45) is 7.66. The van der Waals surface area contributed by atoms with Gasteiger partial charge in [-0.15, -0.1) is 11.3 Å². The van der Waals surface area contributed by atoms with Gasteiger partial charge in [-0.05, 0) is 44.9 Å². The molecule has 0 spiro atoms. The minimum atomic E-state index is -0.0733. The quantitative estimate of drug-likeness (QED) is 0.729. The number of hydrogen-bond donors (Lipinski definition) is 2. The van der Waals surface area contributed by atoms with Gasteiger partial charge in [-0.2, -0.15) is 5.10 Å². The van der Waals surface area contributed by atoms with Crippen molar-refractivity contribution in [2.24, 2.45) is 0 Å². The number of nitrogens with zero attached hydrogens (tertiary/aromatic N) is 3. The molecule has 2 aliphatic heterocycles. The van der Waals surface area contributed by atoms with Gasteiger partial charge in [-0.25, -0.2) is 4.98 Å². The number of piperidine rings is 2. The maximum absolute atomic E-state index is 12.9. The molecule has 6 nitrogen and oxygen atoms in total. The summed E-state index contributed by atoms with van der Waals surface area (Å²) in [6, 6.07) is 7.42. The molecule has 2 fully saturated rings. The van der Waals surface area contributed by atoms with E-state index in [4.69, 9.17) is 0 Å². The van der Waals surface area contributed by atoms with Crippen molar-refractivity contribution in [2.45, 2.75) is 50.2 Å². The Hall–Kier alpha value is -2.25. The maximum Gasteiger partial charge on any atom is 0.272 e. The summed E-state index contributed by atoms with van der Waals surface area (Å²) in [5.74, 6) is -0.0733. The van der Waals surface area contributed by atoms with Crippen molar-refractivity contribution in [3.8, 4) is 10.6 Å². The van der Waals surface area contributed by atoms with Crippen LogP contribution in [0.25, 0.3) is 21.5 Å². The van der Waals surface area contributed by atoms with E-state index in [0.29, 0.717) is 17.8 Å². The lowest BCUT2D eigenvalue weighted by molar-refractivity contribution is 0.0462. The molecule has 2 aromatic heterocycles. The first-order valence-electron chi connectivity index (χ1n) is 9.60. The molecule has 5 rings (SSSR count). The average molecular weight is 382 g/mol. The molecule has 0 unspecified atom stereocenters. The van der Waals surface area contributed by atoms with Crippen LogP contribution in [0.5, 0.6) is 0 Å². The van der Waals surface area contributed by atoms with E-state index in [0.717, 1.165) is 34.3 Å². The molecular formula is C20H23N5OS. The van der Waals surface area contributed by atoms with Crippen molar-refractivity contribution in [1.29, 1.82) is 0 Å². The summed E-state index contributed by atoms with van der Waals surface area (Å²) in [6.45, 7) is 0. The summed E-state index contributed by atoms with van der Waals surface area (Å²) in [7, 11) is 2.23. The number of aromatic nitrogens is 3. The molecule has 140 valence electrons. The highest BCUT2D eigenvalue weighted by Gasteiger charge is 2.36. The van der Waals surface area contributed by atoms with Gasteiger partial charge in [0.1, 0.15) is 5.01 Å². The Kier molecular flexibility index (Phi) is 4.21. The highest BCUT2D eigenvalue weighted by atomic mass is 32.1. The first-order valence-corrected chi connectivity index (χ1v) is 10.5. The number of thiazole rings is 1. The van der Waals surface area contributed by atoms with E-state index >= 15 is 0 Å². The van der Waals surface area contributed by atoms with Crippen LogP contribution in [0, 0.1) is 0 Å². The third-order valence-electron chi connectivity index (χ3n) is 6.13. The summed E-state index contributed by atoms with van der Waals surface area (Å²) < 4.78 is 0. The summed E-state index contributed by atoms with van der Waals surface area (Å²) >= 11 is 1.60. The first-order chi connectivity index (χ1) is 13.2. The van der Waals surface area contributed by atoms with Crippen LogP contribution in [-0.2, 0) is 0 Å². The summed E-state index contributed by atoms with van der Waals surface area (Å²) in [4.78, 5) is 19.7. The number of H-pyrrole nitrogens is 1. The smallest absolute Gasteiger partial charge is 0.272 e. The number of aromatic amines is 1. The number of carbonyl (C=O) groups excluding carboxylic acids is 1. The Balaban J connectivity index is 1.35. The molecule has 2 aliphatic rings. The number of benzene rings is 1. The zero-order valence-corrected chi connectivity index (χ0v) is 16.1. The van der Waals surface area contributed by atoms with E-state index in [-0.39, 0.29) is 11.9 Å². The number of carbonyl (C=O) groups is 1. The van der Waals surface area contributed by atoms with Crippen molar-refractivity contribution < 1.29 is 4.79 Å². The van der Waals surface area contributed by atoms with E-state index in [9.17, 15) is 4.79 Å². The molecule has 1 aromatic carbocycles. The van der Waals surface area contributed by atoms with Crippen molar-refractivity contribution in [3.05, 3.63) is 35.5 Å². The molecule has 27 heavy (non-hydrogen) atoms. The van der Waals surface area contributed by atoms with Crippen LogP contribution < -0.4 is 5.32 Å². The fourth-order valence-electron chi connectivity index (χ4n) is 4.68.